The topological polar surface area (TPSA) is 83.0 Å². The van der Waals surface area contributed by atoms with Crippen molar-refractivity contribution in [2.75, 3.05) is 7.11 Å². The molecule has 2 N–H and O–H groups in total. The maximum atomic E-state index is 11.6. The Kier molecular flexibility index (Phi) is 4.95. The summed E-state index contributed by atoms with van der Waals surface area (Å²) in [6.07, 6.45) is 1.62. The highest BCUT2D eigenvalue weighted by Crippen LogP contribution is 2.24. The van der Waals surface area contributed by atoms with Crippen molar-refractivity contribution in [1.29, 1.82) is 0 Å². The van der Waals surface area contributed by atoms with E-state index in [1.54, 1.807) is 16.9 Å². The molecule has 0 aliphatic heterocycles. The Hall–Kier alpha value is -2.89. The van der Waals surface area contributed by atoms with Crippen LogP contribution in [-0.2, 0) is 0 Å². The second-order valence-electron chi connectivity index (χ2n) is 4.71. The molecule has 0 bridgehead atoms. The normalized spacial score (nSPS) is 10.1. The number of rotatable bonds is 3. The van der Waals surface area contributed by atoms with Crippen molar-refractivity contribution >= 4 is 16.8 Å². The van der Waals surface area contributed by atoms with Gasteiger partial charge in [-0.3, -0.25) is 4.79 Å². The first-order valence-corrected chi connectivity index (χ1v) is 7.40. The first-order valence-electron chi connectivity index (χ1n) is 7.40. The zero-order chi connectivity index (χ0) is 17.0. The largest absolute Gasteiger partial charge is 0.481 e. The number of ether oxygens (including phenoxy) is 1. The highest BCUT2D eigenvalue weighted by molar-refractivity contribution is 6.04. The van der Waals surface area contributed by atoms with Gasteiger partial charge in [0.2, 0.25) is 5.88 Å². The van der Waals surface area contributed by atoms with Crippen LogP contribution in [0, 0.1) is 6.92 Å². The number of benzene rings is 1. The van der Waals surface area contributed by atoms with Gasteiger partial charge in [-0.2, -0.15) is 5.10 Å². The minimum atomic E-state index is -0.584. The van der Waals surface area contributed by atoms with Crippen LogP contribution in [0.3, 0.4) is 0 Å². The zero-order valence-electron chi connectivity index (χ0n) is 13.7. The molecule has 120 valence electrons. The summed E-state index contributed by atoms with van der Waals surface area (Å²) in [6.45, 7) is 5.99. The monoisotopic (exact) mass is 312 g/mol. The molecule has 23 heavy (non-hydrogen) atoms. The van der Waals surface area contributed by atoms with Crippen LogP contribution in [-0.4, -0.2) is 27.8 Å². The second kappa shape index (κ2) is 6.91. The Labute approximate surface area is 134 Å². The molecule has 0 radical (unpaired) electrons. The lowest BCUT2D eigenvalue weighted by Gasteiger charge is -2.04. The van der Waals surface area contributed by atoms with Crippen LogP contribution >= 0.6 is 0 Å². The quantitative estimate of drug-likeness (QED) is 0.806. The summed E-state index contributed by atoms with van der Waals surface area (Å²) in [5.41, 5.74) is 8.26. The van der Waals surface area contributed by atoms with Crippen molar-refractivity contribution in [1.82, 2.24) is 14.8 Å². The molecule has 0 atom stereocenters. The van der Waals surface area contributed by atoms with Crippen LogP contribution in [0.4, 0.5) is 0 Å². The van der Waals surface area contributed by atoms with Gasteiger partial charge < -0.3 is 10.5 Å². The molecule has 1 aromatic carbocycles. The van der Waals surface area contributed by atoms with E-state index in [1.807, 2.05) is 45.0 Å². The lowest BCUT2D eigenvalue weighted by Crippen LogP contribution is -2.12. The number of methoxy groups -OCH3 is 1. The smallest absolute Gasteiger partial charge is 0.269 e. The molecule has 6 heteroatoms. The summed E-state index contributed by atoms with van der Waals surface area (Å²) < 4.78 is 6.75. The molecule has 0 saturated carbocycles. The van der Waals surface area contributed by atoms with E-state index in [9.17, 15) is 4.79 Å². The molecule has 3 rings (SSSR count). The number of carbonyl (C=O) groups excluding carboxylic acids is 1. The van der Waals surface area contributed by atoms with E-state index in [1.165, 1.54) is 7.11 Å². The van der Waals surface area contributed by atoms with Gasteiger partial charge in [-0.15, -0.1) is 0 Å². The number of amides is 1. The van der Waals surface area contributed by atoms with Gasteiger partial charge in [-0.05, 0) is 24.6 Å². The molecule has 6 nitrogen and oxygen atoms in total. The van der Waals surface area contributed by atoms with Gasteiger partial charge in [0, 0.05) is 11.5 Å². The summed E-state index contributed by atoms with van der Waals surface area (Å²) >= 11 is 0. The third-order valence-electron chi connectivity index (χ3n) is 3.23. The summed E-state index contributed by atoms with van der Waals surface area (Å²) in [5.74, 6) is -0.173. The highest BCUT2D eigenvalue weighted by Gasteiger charge is 2.17. The number of nitrogens with two attached hydrogens (primary N) is 1. The van der Waals surface area contributed by atoms with Gasteiger partial charge in [-0.25, -0.2) is 9.67 Å². The van der Waals surface area contributed by atoms with Gasteiger partial charge >= 0.3 is 0 Å². The third kappa shape index (κ3) is 3.15. The van der Waals surface area contributed by atoms with Gasteiger partial charge in [0.25, 0.3) is 5.91 Å². The standard InChI is InChI=1S/C15H14N4O2.C2H6/c1-9-4-3-5-10(6-9)19-12-8-17-13(21-2)7-11(12)14(18-19)15(16)20;1-2/h3-8H,1-2H3,(H2,16,20);1-2H3. The predicted octanol–water partition coefficient (Wildman–Crippen LogP) is 2.86. The van der Waals surface area contributed by atoms with E-state index in [4.69, 9.17) is 10.5 Å². The number of carbonyl (C=O) groups is 1. The van der Waals surface area contributed by atoms with Crippen LogP contribution in [0.5, 0.6) is 5.88 Å². The van der Waals surface area contributed by atoms with E-state index < -0.39 is 5.91 Å². The molecule has 0 aliphatic carbocycles. The summed E-state index contributed by atoms with van der Waals surface area (Å²) in [5, 5.41) is 4.94. The molecular formula is C17H20N4O2. The molecule has 0 spiro atoms. The lowest BCUT2D eigenvalue weighted by atomic mass is 10.2. The molecular weight excluding hydrogens is 292 g/mol. The van der Waals surface area contributed by atoms with Crippen LogP contribution < -0.4 is 10.5 Å². The molecule has 0 aliphatic rings. The highest BCUT2D eigenvalue weighted by atomic mass is 16.5. The Balaban J connectivity index is 0.000000924. The number of fused-ring (bicyclic) bond motifs is 1. The van der Waals surface area contributed by atoms with Crippen LogP contribution in [0.15, 0.2) is 36.5 Å². The number of pyridine rings is 1. The van der Waals surface area contributed by atoms with E-state index in [0.717, 1.165) is 11.3 Å². The predicted molar refractivity (Wildman–Crippen MR) is 90.0 cm³/mol. The molecule has 2 aromatic heterocycles. The Morgan fingerprint density at radius 3 is 2.61 bits per heavy atom. The molecule has 0 saturated heterocycles. The Morgan fingerprint density at radius 2 is 2.00 bits per heavy atom. The number of hydrogen-bond acceptors (Lipinski definition) is 4. The average Bonchev–Trinajstić information content (AvgIpc) is 2.95. The average molecular weight is 312 g/mol. The van der Waals surface area contributed by atoms with Gasteiger partial charge in [-0.1, -0.05) is 26.0 Å². The van der Waals surface area contributed by atoms with E-state index in [-0.39, 0.29) is 5.69 Å². The maximum Gasteiger partial charge on any atom is 0.269 e. The fraction of sp³-hybridized carbons (Fsp3) is 0.235. The van der Waals surface area contributed by atoms with Gasteiger partial charge in [0.1, 0.15) is 0 Å². The SMILES string of the molecule is CC.COc1cc2c(C(N)=O)nn(-c3cccc(C)c3)c2cn1. The van der Waals surface area contributed by atoms with Gasteiger partial charge in [0.05, 0.1) is 24.5 Å². The molecule has 0 unspecified atom stereocenters. The van der Waals surface area contributed by atoms with Crippen molar-refractivity contribution in [3.63, 3.8) is 0 Å². The first-order chi connectivity index (χ1) is 11.1. The van der Waals surface area contributed by atoms with Crippen molar-refractivity contribution in [3.8, 4) is 11.6 Å². The van der Waals surface area contributed by atoms with Crippen molar-refractivity contribution < 1.29 is 9.53 Å². The Bertz CT molecular complexity index is 840. The fourth-order valence-corrected chi connectivity index (χ4v) is 2.25. The van der Waals surface area contributed by atoms with E-state index >= 15 is 0 Å². The maximum absolute atomic E-state index is 11.6. The molecule has 1 amide bonds. The number of aryl methyl sites for hydroxylation is 1. The summed E-state index contributed by atoms with van der Waals surface area (Å²) in [6, 6.07) is 9.47. The summed E-state index contributed by atoms with van der Waals surface area (Å²) in [7, 11) is 1.52. The molecule has 3 aromatic rings. The minimum Gasteiger partial charge on any atom is -0.481 e. The van der Waals surface area contributed by atoms with Crippen LogP contribution in [0.1, 0.15) is 29.9 Å². The van der Waals surface area contributed by atoms with Crippen molar-refractivity contribution in [2.24, 2.45) is 5.73 Å². The van der Waals surface area contributed by atoms with Crippen molar-refractivity contribution in [2.45, 2.75) is 20.8 Å². The van der Waals surface area contributed by atoms with Crippen LogP contribution in [0.2, 0.25) is 0 Å². The summed E-state index contributed by atoms with van der Waals surface area (Å²) in [4.78, 5) is 15.8. The lowest BCUT2D eigenvalue weighted by molar-refractivity contribution is 0.0996. The minimum absolute atomic E-state index is 0.201. The van der Waals surface area contributed by atoms with E-state index in [2.05, 4.69) is 10.1 Å². The second-order valence-corrected chi connectivity index (χ2v) is 4.71. The fourth-order valence-electron chi connectivity index (χ4n) is 2.25. The zero-order valence-corrected chi connectivity index (χ0v) is 13.7. The first kappa shape index (κ1) is 16.5. The van der Waals surface area contributed by atoms with Crippen LogP contribution in [0.25, 0.3) is 16.6 Å². The number of nitrogens with zero attached hydrogens (tertiary/aromatic N) is 3. The number of hydrogen-bond donors (Lipinski definition) is 1. The Morgan fingerprint density at radius 1 is 1.26 bits per heavy atom. The number of primary amides is 1. The molecule has 0 fully saturated rings. The molecule has 2 heterocycles. The van der Waals surface area contributed by atoms with Gasteiger partial charge in [0.15, 0.2) is 5.69 Å². The number of aromatic nitrogens is 3. The third-order valence-corrected chi connectivity index (χ3v) is 3.23. The van der Waals surface area contributed by atoms with Crippen molar-refractivity contribution in [3.05, 3.63) is 47.8 Å². The van der Waals surface area contributed by atoms with E-state index in [0.29, 0.717) is 16.8 Å².